The van der Waals surface area contributed by atoms with E-state index >= 15 is 0 Å². The minimum absolute atomic E-state index is 0.136. The molecule has 1 aromatic heterocycles. The van der Waals surface area contributed by atoms with Gasteiger partial charge in [-0.15, -0.1) is 0 Å². The number of hydrogen-bond donors (Lipinski definition) is 1. The Morgan fingerprint density at radius 3 is 3.00 bits per heavy atom. The molecule has 1 aliphatic rings. The van der Waals surface area contributed by atoms with E-state index in [1.54, 1.807) is 11.8 Å². The number of nitrogens with one attached hydrogen (secondary N) is 1. The van der Waals surface area contributed by atoms with Gasteiger partial charge in [-0.1, -0.05) is 18.2 Å². The summed E-state index contributed by atoms with van der Waals surface area (Å²) in [6.07, 6.45) is 1.31. The molecule has 1 unspecified atom stereocenters. The van der Waals surface area contributed by atoms with Gasteiger partial charge in [0.2, 0.25) is 5.76 Å². The number of nitrogens with zero attached hydrogens (tertiary/aromatic N) is 2. The average molecular weight is 271 g/mol. The second-order valence-corrected chi connectivity index (χ2v) is 5.09. The molecule has 2 heterocycles. The van der Waals surface area contributed by atoms with Crippen LogP contribution in [0.2, 0.25) is 0 Å². The number of fused-ring (bicyclic) bond motifs is 1. The van der Waals surface area contributed by atoms with Crippen LogP contribution in [0.4, 0.5) is 5.69 Å². The van der Waals surface area contributed by atoms with Gasteiger partial charge in [-0.25, -0.2) is 4.98 Å². The standard InChI is InChI=1S/C15H17N3O2/c1-10-8-18(15(19)14-11(2)17-9-20-14)13-6-4-3-5-12(13)7-16-10/h3-6,9-10,16H,7-8H2,1-2H3. The second kappa shape index (κ2) is 5.09. The first-order valence-electron chi connectivity index (χ1n) is 6.70. The Morgan fingerprint density at radius 2 is 2.25 bits per heavy atom. The van der Waals surface area contributed by atoms with E-state index in [0.29, 0.717) is 18.0 Å². The Hall–Kier alpha value is -2.14. The molecule has 0 saturated carbocycles. The Bertz CT molecular complexity index is 636. The number of para-hydroxylation sites is 1. The molecule has 3 rings (SSSR count). The maximum absolute atomic E-state index is 12.7. The smallest absolute Gasteiger partial charge is 0.296 e. The van der Waals surface area contributed by atoms with Crippen LogP contribution in [-0.4, -0.2) is 23.5 Å². The van der Waals surface area contributed by atoms with Gasteiger partial charge < -0.3 is 14.6 Å². The first-order chi connectivity index (χ1) is 9.66. The van der Waals surface area contributed by atoms with Crippen LogP contribution < -0.4 is 10.2 Å². The number of oxazole rings is 1. The molecule has 1 aromatic carbocycles. The highest BCUT2D eigenvalue weighted by atomic mass is 16.3. The summed E-state index contributed by atoms with van der Waals surface area (Å²) in [5.41, 5.74) is 2.67. The fourth-order valence-corrected chi connectivity index (χ4v) is 2.47. The lowest BCUT2D eigenvalue weighted by molar-refractivity contribution is 0.0958. The minimum Gasteiger partial charge on any atom is -0.438 e. The molecule has 0 saturated heterocycles. The fraction of sp³-hybridized carbons (Fsp3) is 0.333. The normalized spacial score (nSPS) is 18.5. The fourth-order valence-electron chi connectivity index (χ4n) is 2.47. The van der Waals surface area contributed by atoms with Crippen molar-refractivity contribution < 1.29 is 9.21 Å². The molecule has 5 nitrogen and oxygen atoms in total. The number of benzene rings is 1. The van der Waals surface area contributed by atoms with E-state index in [0.717, 1.165) is 17.8 Å². The molecule has 2 aromatic rings. The van der Waals surface area contributed by atoms with Crippen molar-refractivity contribution in [1.29, 1.82) is 0 Å². The van der Waals surface area contributed by atoms with Gasteiger partial charge in [0.05, 0.1) is 5.69 Å². The van der Waals surface area contributed by atoms with Gasteiger partial charge in [0.25, 0.3) is 5.91 Å². The highest BCUT2D eigenvalue weighted by Crippen LogP contribution is 2.25. The van der Waals surface area contributed by atoms with Gasteiger partial charge in [-0.2, -0.15) is 0 Å². The van der Waals surface area contributed by atoms with Crippen LogP contribution in [-0.2, 0) is 6.54 Å². The van der Waals surface area contributed by atoms with E-state index in [-0.39, 0.29) is 11.9 Å². The number of hydrogen-bond acceptors (Lipinski definition) is 4. The van der Waals surface area contributed by atoms with Crippen molar-refractivity contribution in [2.45, 2.75) is 26.4 Å². The number of carbonyl (C=O) groups is 1. The van der Waals surface area contributed by atoms with Crippen LogP contribution in [0.15, 0.2) is 35.1 Å². The van der Waals surface area contributed by atoms with Crippen LogP contribution in [0.25, 0.3) is 0 Å². The largest absolute Gasteiger partial charge is 0.438 e. The lowest BCUT2D eigenvalue weighted by atomic mass is 10.1. The number of aromatic nitrogens is 1. The van der Waals surface area contributed by atoms with Gasteiger partial charge >= 0.3 is 0 Å². The van der Waals surface area contributed by atoms with E-state index < -0.39 is 0 Å². The van der Waals surface area contributed by atoms with Crippen LogP contribution in [0.1, 0.15) is 28.7 Å². The molecular formula is C15H17N3O2. The average Bonchev–Trinajstić information content (AvgIpc) is 2.80. The van der Waals surface area contributed by atoms with Crippen molar-refractivity contribution in [3.05, 3.63) is 47.7 Å². The Labute approximate surface area is 117 Å². The van der Waals surface area contributed by atoms with Crippen LogP contribution in [0.5, 0.6) is 0 Å². The number of aryl methyl sites for hydroxylation is 1. The van der Waals surface area contributed by atoms with E-state index in [2.05, 4.69) is 17.2 Å². The highest BCUT2D eigenvalue weighted by molar-refractivity contribution is 6.05. The Morgan fingerprint density at radius 1 is 1.45 bits per heavy atom. The molecular weight excluding hydrogens is 254 g/mol. The summed E-state index contributed by atoms with van der Waals surface area (Å²) in [4.78, 5) is 18.5. The van der Waals surface area contributed by atoms with Crippen molar-refractivity contribution in [1.82, 2.24) is 10.3 Å². The van der Waals surface area contributed by atoms with Crippen LogP contribution in [0, 0.1) is 6.92 Å². The van der Waals surface area contributed by atoms with Crippen molar-refractivity contribution in [3.63, 3.8) is 0 Å². The summed E-state index contributed by atoms with van der Waals surface area (Å²) >= 11 is 0. The zero-order valence-corrected chi connectivity index (χ0v) is 11.6. The lowest BCUT2D eigenvalue weighted by Crippen LogP contribution is -2.39. The molecule has 1 aliphatic heterocycles. The van der Waals surface area contributed by atoms with Crippen LogP contribution in [0.3, 0.4) is 0 Å². The summed E-state index contributed by atoms with van der Waals surface area (Å²) < 4.78 is 5.25. The van der Waals surface area contributed by atoms with E-state index in [9.17, 15) is 4.79 Å². The number of amides is 1. The van der Waals surface area contributed by atoms with Crippen molar-refractivity contribution in [3.8, 4) is 0 Å². The molecule has 20 heavy (non-hydrogen) atoms. The lowest BCUT2D eigenvalue weighted by Gasteiger charge is -2.23. The third kappa shape index (κ3) is 2.20. The zero-order valence-electron chi connectivity index (χ0n) is 11.6. The molecule has 1 amide bonds. The first-order valence-corrected chi connectivity index (χ1v) is 6.70. The van der Waals surface area contributed by atoms with Crippen LogP contribution >= 0.6 is 0 Å². The topological polar surface area (TPSA) is 58.4 Å². The van der Waals surface area contributed by atoms with Gasteiger partial charge in [0.1, 0.15) is 0 Å². The maximum Gasteiger partial charge on any atom is 0.296 e. The van der Waals surface area contributed by atoms with E-state index in [4.69, 9.17) is 4.42 Å². The molecule has 0 radical (unpaired) electrons. The summed E-state index contributed by atoms with van der Waals surface area (Å²) in [5.74, 6) is 0.178. The molecule has 0 fully saturated rings. The SMILES string of the molecule is Cc1ncoc1C(=O)N1CC(C)NCc2ccccc21. The highest BCUT2D eigenvalue weighted by Gasteiger charge is 2.27. The third-order valence-electron chi connectivity index (χ3n) is 3.56. The predicted molar refractivity (Wildman–Crippen MR) is 75.7 cm³/mol. The minimum atomic E-state index is -0.136. The van der Waals surface area contributed by atoms with Gasteiger partial charge in [-0.3, -0.25) is 4.79 Å². The maximum atomic E-state index is 12.7. The molecule has 0 spiro atoms. The summed E-state index contributed by atoms with van der Waals surface area (Å²) in [7, 11) is 0. The monoisotopic (exact) mass is 271 g/mol. The second-order valence-electron chi connectivity index (χ2n) is 5.09. The van der Waals surface area contributed by atoms with Crippen molar-refractivity contribution >= 4 is 11.6 Å². The Balaban J connectivity index is 2.03. The predicted octanol–water partition coefficient (Wildman–Crippen LogP) is 2.12. The number of carbonyl (C=O) groups excluding carboxylic acids is 1. The summed E-state index contributed by atoms with van der Waals surface area (Å²) in [6.45, 7) is 5.22. The van der Waals surface area contributed by atoms with Gasteiger partial charge in [0, 0.05) is 24.8 Å². The summed E-state index contributed by atoms with van der Waals surface area (Å²) in [5, 5.41) is 3.41. The molecule has 1 atom stereocenters. The third-order valence-corrected chi connectivity index (χ3v) is 3.56. The molecule has 0 aliphatic carbocycles. The van der Waals surface area contributed by atoms with E-state index in [1.807, 2.05) is 24.3 Å². The quantitative estimate of drug-likeness (QED) is 0.863. The van der Waals surface area contributed by atoms with E-state index in [1.165, 1.54) is 6.39 Å². The summed E-state index contributed by atoms with van der Waals surface area (Å²) in [6, 6.07) is 8.16. The van der Waals surface area contributed by atoms with Crippen molar-refractivity contribution in [2.75, 3.05) is 11.4 Å². The number of rotatable bonds is 1. The van der Waals surface area contributed by atoms with Gasteiger partial charge in [-0.05, 0) is 25.5 Å². The Kier molecular flexibility index (Phi) is 3.28. The molecule has 104 valence electrons. The van der Waals surface area contributed by atoms with Crippen molar-refractivity contribution in [2.24, 2.45) is 0 Å². The zero-order chi connectivity index (χ0) is 14.1. The van der Waals surface area contributed by atoms with Gasteiger partial charge in [0.15, 0.2) is 6.39 Å². The number of anilines is 1. The molecule has 1 N–H and O–H groups in total. The molecule has 0 bridgehead atoms. The molecule has 5 heteroatoms. The first kappa shape index (κ1) is 12.9.